The van der Waals surface area contributed by atoms with Crippen LogP contribution in [-0.4, -0.2) is 21.7 Å². The monoisotopic (exact) mass is 250 g/mol. The molecule has 18 heavy (non-hydrogen) atoms. The Hall–Kier alpha value is -1.65. The van der Waals surface area contributed by atoms with Crippen molar-refractivity contribution >= 4 is 11.9 Å². The van der Waals surface area contributed by atoms with Gasteiger partial charge in [-0.05, 0) is 17.9 Å². The molecule has 0 saturated carbocycles. The second-order valence-corrected chi connectivity index (χ2v) is 5.17. The van der Waals surface area contributed by atoms with Gasteiger partial charge in [0.1, 0.15) is 0 Å². The van der Waals surface area contributed by atoms with E-state index in [1.54, 1.807) is 6.20 Å². The van der Waals surface area contributed by atoms with Crippen molar-refractivity contribution in [2.75, 3.05) is 0 Å². The van der Waals surface area contributed by atoms with Gasteiger partial charge < -0.3 is 4.74 Å². The number of hydrogen-bond acceptors (Lipinski definition) is 4. The molecule has 5 heteroatoms. The third-order valence-electron chi connectivity index (χ3n) is 3.11. The molecule has 2 heterocycles. The Morgan fingerprint density at radius 1 is 1.39 bits per heavy atom. The molecule has 1 aromatic heterocycles. The Kier molecular flexibility index (Phi) is 3.79. The summed E-state index contributed by atoms with van der Waals surface area (Å²) in [6, 6.07) is 0. The van der Waals surface area contributed by atoms with Crippen LogP contribution in [0.3, 0.4) is 0 Å². The van der Waals surface area contributed by atoms with Gasteiger partial charge in [0.2, 0.25) is 0 Å². The van der Waals surface area contributed by atoms with Crippen molar-refractivity contribution in [3.63, 3.8) is 0 Å². The van der Waals surface area contributed by atoms with Crippen LogP contribution in [0, 0.1) is 5.92 Å². The number of ether oxygens (including phenoxy) is 1. The highest BCUT2D eigenvalue weighted by molar-refractivity contribution is 5.89. The number of esters is 2. The Morgan fingerprint density at radius 3 is 2.67 bits per heavy atom. The van der Waals surface area contributed by atoms with Gasteiger partial charge in [0.05, 0.1) is 19.0 Å². The second-order valence-electron chi connectivity index (χ2n) is 5.17. The zero-order valence-corrected chi connectivity index (χ0v) is 10.8. The normalized spacial score (nSPS) is 17.3. The van der Waals surface area contributed by atoms with E-state index in [2.05, 4.69) is 23.7 Å². The fraction of sp³-hybridized carbons (Fsp3) is 0.615. The smallest absolute Gasteiger partial charge is 0.314 e. The Balaban J connectivity index is 2.00. The standard InChI is InChI=1S/C13H18N2O3/c1-9(2)3-4-15-8-11(7-14-15)10-5-12(16)18-13(17)6-10/h7-10H,3-6H2,1-2H3. The number of nitrogens with zero attached hydrogens (tertiary/aromatic N) is 2. The van der Waals surface area contributed by atoms with Crippen molar-refractivity contribution in [1.29, 1.82) is 0 Å². The number of carbonyl (C=O) groups excluding carboxylic acids is 2. The first kappa shape index (κ1) is 12.8. The minimum atomic E-state index is -0.439. The molecular weight excluding hydrogens is 232 g/mol. The molecule has 1 aliphatic heterocycles. The predicted molar refractivity (Wildman–Crippen MR) is 64.8 cm³/mol. The average Bonchev–Trinajstić information content (AvgIpc) is 2.73. The van der Waals surface area contributed by atoms with Crippen molar-refractivity contribution in [1.82, 2.24) is 9.78 Å². The van der Waals surface area contributed by atoms with Crippen molar-refractivity contribution in [2.24, 2.45) is 5.92 Å². The number of hydrogen-bond donors (Lipinski definition) is 0. The van der Waals surface area contributed by atoms with Gasteiger partial charge in [0.15, 0.2) is 0 Å². The van der Waals surface area contributed by atoms with Crippen LogP contribution in [0.4, 0.5) is 0 Å². The van der Waals surface area contributed by atoms with Gasteiger partial charge in [-0.2, -0.15) is 5.10 Å². The van der Waals surface area contributed by atoms with Crippen LogP contribution in [0.1, 0.15) is 44.6 Å². The lowest BCUT2D eigenvalue weighted by atomic mass is 9.94. The summed E-state index contributed by atoms with van der Waals surface area (Å²) >= 11 is 0. The maximum Gasteiger partial charge on any atom is 0.314 e. The molecule has 1 aromatic rings. The number of aromatic nitrogens is 2. The summed E-state index contributed by atoms with van der Waals surface area (Å²) in [5.41, 5.74) is 0.948. The quantitative estimate of drug-likeness (QED) is 0.604. The lowest BCUT2D eigenvalue weighted by Gasteiger charge is -2.18. The van der Waals surface area contributed by atoms with Gasteiger partial charge in [-0.15, -0.1) is 0 Å². The van der Waals surface area contributed by atoms with Crippen LogP contribution < -0.4 is 0 Å². The zero-order valence-electron chi connectivity index (χ0n) is 10.8. The van der Waals surface area contributed by atoms with E-state index < -0.39 is 11.9 Å². The molecule has 0 aliphatic carbocycles. The Bertz CT molecular complexity index is 435. The number of carbonyl (C=O) groups is 2. The van der Waals surface area contributed by atoms with E-state index in [1.807, 2.05) is 10.9 Å². The minimum absolute atomic E-state index is 0.0773. The molecule has 0 bridgehead atoms. The Morgan fingerprint density at radius 2 is 2.06 bits per heavy atom. The molecule has 0 radical (unpaired) electrons. The molecule has 0 aromatic carbocycles. The maximum absolute atomic E-state index is 11.2. The van der Waals surface area contributed by atoms with Crippen molar-refractivity contribution < 1.29 is 14.3 Å². The van der Waals surface area contributed by atoms with Crippen molar-refractivity contribution in [3.8, 4) is 0 Å². The van der Waals surface area contributed by atoms with Crippen molar-refractivity contribution in [2.45, 2.75) is 45.6 Å². The van der Waals surface area contributed by atoms with Gasteiger partial charge in [-0.25, -0.2) is 0 Å². The minimum Gasteiger partial charge on any atom is -0.393 e. The highest BCUT2D eigenvalue weighted by Gasteiger charge is 2.29. The topological polar surface area (TPSA) is 61.2 Å². The van der Waals surface area contributed by atoms with Gasteiger partial charge in [-0.3, -0.25) is 14.3 Å². The molecule has 1 fully saturated rings. The Labute approximate surface area is 106 Å². The zero-order chi connectivity index (χ0) is 13.1. The van der Waals surface area contributed by atoms with Crippen LogP contribution >= 0.6 is 0 Å². The largest absolute Gasteiger partial charge is 0.393 e. The SMILES string of the molecule is CC(C)CCn1cc(C2CC(=O)OC(=O)C2)cn1. The summed E-state index contributed by atoms with van der Waals surface area (Å²) in [6.07, 6.45) is 5.27. The lowest BCUT2D eigenvalue weighted by Crippen LogP contribution is -2.24. The fourth-order valence-corrected chi connectivity index (χ4v) is 2.02. The predicted octanol–water partition coefficient (Wildman–Crippen LogP) is 1.88. The fourth-order valence-electron chi connectivity index (χ4n) is 2.02. The first-order chi connectivity index (χ1) is 8.54. The van der Waals surface area contributed by atoms with E-state index >= 15 is 0 Å². The van der Waals surface area contributed by atoms with Gasteiger partial charge in [-0.1, -0.05) is 13.8 Å². The van der Waals surface area contributed by atoms with E-state index in [0.717, 1.165) is 18.5 Å². The van der Waals surface area contributed by atoms with E-state index in [-0.39, 0.29) is 18.8 Å². The van der Waals surface area contributed by atoms with Crippen LogP contribution in [0.5, 0.6) is 0 Å². The molecule has 0 N–H and O–H groups in total. The van der Waals surface area contributed by atoms with Crippen LogP contribution in [0.25, 0.3) is 0 Å². The molecule has 2 rings (SSSR count). The van der Waals surface area contributed by atoms with Crippen LogP contribution in [-0.2, 0) is 20.9 Å². The first-order valence-corrected chi connectivity index (χ1v) is 6.30. The summed E-state index contributed by atoms with van der Waals surface area (Å²) < 4.78 is 6.39. The molecule has 0 amide bonds. The van der Waals surface area contributed by atoms with E-state index in [9.17, 15) is 9.59 Å². The molecule has 5 nitrogen and oxygen atoms in total. The van der Waals surface area contributed by atoms with Crippen LogP contribution in [0.2, 0.25) is 0 Å². The molecule has 1 saturated heterocycles. The van der Waals surface area contributed by atoms with E-state index in [1.165, 1.54) is 0 Å². The third-order valence-corrected chi connectivity index (χ3v) is 3.11. The first-order valence-electron chi connectivity index (χ1n) is 6.30. The highest BCUT2D eigenvalue weighted by Crippen LogP contribution is 2.27. The van der Waals surface area contributed by atoms with E-state index in [4.69, 9.17) is 0 Å². The highest BCUT2D eigenvalue weighted by atomic mass is 16.6. The van der Waals surface area contributed by atoms with Crippen LogP contribution in [0.15, 0.2) is 12.4 Å². The molecule has 0 unspecified atom stereocenters. The summed E-state index contributed by atoms with van der Waals surface area (Å²) in [5, 5.41) is 4.27. The van der Waals surface area contributed by atoms with Gasteiger partial charge in [0, 0.05) is 18.7 Å². The molecule has 0 atom stereocenters. The third kappa shape index (κ3) is 3.18. The molecule has 98 valence electrons. The molecule has 0 spiro atoms. The van der Waals surface area contributed by atoms with E-state index in [0.29, 0.717) is 5.92 Å². The van der Waals surface area contributed by atoms with Crippen molar-refractivity contribution in [3.05, 3.63) is 18.0 Å². The number of aryl methyl sites for hydroxylation is 1. The van der Waals surface area contributed by atoms with Gasteiger partial charge in [0.25, 0.3) is 0 Å². The second kappa shape index (κ2) is 5.33. The maximum atomic E-state index is 11.2. The summed E-state index contributed by atoms with van der Waals surface area (Å²) in [4.78, 5) is 22.4. The average molecular weight is 250 g/mol. The number of cyclic esters (lactones) is 2. The lowest BCUT2D eigenvalue weighted by molar-refractivity contribution is -0.163. The summed E-state index contributed by atoms with van der Waals surface area (Å²) in [5.74, 6) is -0.326. The van der Waals surface area contributed by atoms with Gasteiger partial charge >= 0.3 is 11.9 Å². The molecule has 1 aliphatic rings. The summed E-state index contributed by atoms with van der Waals surface area (Å²) in [6.45, 7) is 5.20. The molecular formula is C13H18N2O3. The number of rotatable bonds is 4. The summed E-state index contributed by atoms with van der Waals surface area (Å²) in [7, 11) is 0.